The van der Waals surface area contributed by atoms with Gasteiger partial charge in [-0.05, 0) is 28.1 Å². The molecule has 0 amide bonds. The van der Waals surface area contributed by atoms with E-state index in [-0.39, 0.29) is 10.8 Å². The first-order chi connectivity index (χ1) is 11.4. The summed E-state index contributed by atoms with van der Waals surface area (Å²) >= 11 is 9.20. The molecular weight excluding hydrogens is 416 g/mol. The van der Waals surface area contributed by atoms with Crippen LogP contribution in [-0.2, 0) is 10.0 Å². The summed E-state index contributed by atoms with van der Waals surface area (Å²) in [5.41, 5.74) is 0.811. The molecule has 0 aliphatic carbocycles. The van der Waals surface area contributed by atoms with Crippen molar-refractivity contribution in [3.63, 3.8) is 0 Å². The Hall–Kier alpha value is -1.90. The Morgan fingerprint density at radius 2 is 1.83 bits per heavy atom. The quantitative estimate of drug-likeness (QED) is 0.688. The Balaban J connectivity index is 1.98. The highest BCUT2D eigenvalue weighted by Gasteiger charge is 2.27. The van der Waals surface area contributed by atoms with Gasteiger partial charge in [0.2, 0.25) is 0 Å². The predicted molar refractivity (Wildman–Crippen MR) is 96.6 cm³/mol. The number of nitrogens with zero attached hydrogens (tertiary/aromatic N) is 3. The van der Waals surface area contributed by atoms with E-state index in [1.165, 1.54) is 13.1 Å². The molecule has 0 saturated carbocycles. The third-order valence-corrected chi connectivity index (χ3v) is 6.80. The number of nitrogens with one attached hydrogen (secondary N) is 1. The third-order valence-electron chi connectivity index (χ3n) is 3.36. The lowest BCUT2D eigenvalue weighted by molar-refractivity contribution is 0.593. The summed E-state index contributed by atoms with van der Waals surface area (Å²) in [6.07, 6.45) is 0. The van der Waals surface area contributed by atoms with Gasteiger partial charge in [-0.2, -0.15) is 4.98 Å². The minimum atomic E-state index is -3.86. The SMILES string of the molecule is CN(c1n[nH]c(-c2ccccc2)n1)S(=O)(=O)c1cccc(Cl)c1Br. The van der Waals surface area contributed by atoms with Gasteiger partial charge in [0.05, 0.1) is 9.50 Å². The molecule has 1 N–H and O–H groups in total. The molecule has 3 aromatic rings. The number of benzene rings is 2. The van der Waals surface area contributed by atoms with Crippen molar-refractivity contribution in [3.05, 3.63) is 58.0 Å². The maximum absolute atomic E-state index is 12.8. The lowest BCUT2D eigenvalue weighted by Crippen LogP contribution is -2.28. The fourth-order valence-corrected chi connectivity index (χ4v) is 4.34. The van der Waals surface area contributed by atoms with E-state index >= 15 is 0 Å². The van der Waals surface area contributed by atoms with Crippen LogP contribution in [0.2, 0.25) is 5.02 Å². The van der Waals surface area contributed by atoms with Crippen molar-refractivity contribution in [2.45, 2.75) is 4.90 Å². The van der Waals surface area contributed by atoms with Crippen LogP contribution >= 0.6 is 27.5 Å². The molecule has 124 valence electrons. The first-order valence-corrected chi connectivity index (χ1v) is 9.43. The van der Waals surface area contributed by atoms with Crippen molar-refractivity contribution in [2.75, 3.05) is 11.4 Å². The van der Waals surface area contributed by atoms with Crippen LogP contribution in [0.5, 0.6) is 0 Å². The monoisotopic (exact) mass is 426 g/mol. The second-order valence-corrected chi connectivity index (χ2v) is 8.01. The highest BCUT2D eigenvalue weighted by atomic mass is 79.9. The van der Waals surface area contributed by atoms with Crippen molar-refractivity contribution in [1.82, 2.24) is 15.2 Å². The summed E-state index contributed by atoms with van der Waals surface area (Å²) in [5, 5.41) is 7.06. The van der Waals surface area contributed by atoms with Gasteiger partial charge >= 0.3 is 0 Å². The number of hydrogen-bond donors (Lipinski definition) is 1. The number of aromatic nitrogens is 3. The van der Waals surface area contributed by atoms with Crippen LogP contribution in [0.1, 0.15) is 0 Å². The Morgan fingerprint density at radius 1 is 1.12 bits per heavy atom. The zero-order valence-electron chi connectivity index (χ0n) is 12.4. The molecule has 0 aliphatic heterocycles. The van der Waals surface area contributed by atoms with Crippen LogP contribution in [0.3, 0.4) is 0 Å². The number of hydrogen-bond acceptors (Lipinski definition) is 4. The minimum absolute atomic E-state index is 0.0423. The number of rotatable bonds is 4. The molecule has 24 heavy (non-hydrogen) atoms. The molecule has 9 heteroatoms. The van der Waals surface area contributed by atoms with Crippen LogP contribution in [0.4, 0.5) is 5.95 Å². The molecule has 1 aromatic heterocycles. The largest absolute Gasteiger partial charge is 0.267 e. The van der Waals surface area contributed by atoms with Crippen molar-refractivity contribution >= 4 is 43.5 Å². The maximum atomic E-state index is 12.8. The van der Waals surface area contributed by atoms with Crippen molar-refractivity contribution in [1.29, 1.82) is 0 Å². The number of anilines is 1. The molecule has 0 atom stereocenters. The summed E-state index contributed by atoms with van der Waals surface area (Å²) in [6, 6.07) is 14.0. The standard InChI is InChI=1S/C15H12BrClN4O2S/c1-21(24(22,23)12-9-5-8-11(17)13(12)16)15-18-14(19-20-15)10-6-3-2-4-7-10/h2-9H,1H3,(H,18,19,20). The molecule has 0 fully saturated rings. The lowest BCUT2D eigenvalue weighted by atomic mass is 10.2. The van der Waals surface area contributed by atoms with E-state index in [0.717, 1.165) is 9.87 Å². The van der Waals surface area contributed by atoms with E-state index in [1.54, 1.807) is 12.1 Å². The third kappa shape index (κ3) is 3.04. The normalized spacial score (nSPS) is 11.5. The average molecular weight is 428 g/mol. The number of halogens is 2. The molecule has 0 unspecified atom stereocenters. The summed E-state index contributed by atoms with van der Waals surface area (Å²) in [5.74, 6) is 0.526. The number of aromatic amines is 1. The Bertz CT molecular complexity index is 976. The molecule has 0 saturated heterocycles. The van der Waals surface area contributed by atoms with Gasteiger partial charge in [-0.3, -0.25) is 5.10 Å². The van der Waals surface area contributed by atoms with Gasteiger partial charge in [0.15, 0.2) is 5.82 Å². The molecule has 0 aliphatic rings. The zero-order valence-corrected chi connectivity index (χ0v) is 15.6. The van der Waals surface area contributed by atoms with E-state index in [1.807, 2.05) is 30.3 Å². The lowest BCUT2D eigenvalue weighted by Gasteiger charge is -2.16. The van der Waals surface area contributed by atoms with Gasteiger partial charge < -0.3 is 0 Å². The van der Waals surface area contributed by atoms with Crippen LogP contribution in [0, 0.1) is 0 Å². The molecule has 3 rings (SSSR count). The van der Waals surface area contributed by atoms with Crippen molar-refractivity contribution in [3.8, 4) is 11.4 Å². The first kappa shape index (κ1) is 16.9. The Labute approximate surface area is 152 Å². The molecular formula is C15H12BrClN4O2S. The fourth-order valence-electron chi connectivity index (χ4n) is 2.06. The predicted octanol–water partition coefficient (Wildman–Crippen LogP) is 3.71. The highest BCUT2D eigenvalue weighted by Crippen LogP contribution is 2.32. The van der Waals surface area contributed by atoms with E-state index in [4.69, 9.17) is 11.6 Å². The van der Waals surface area contributed by atoms with E-state index in [2.05, 4.69) is 31.1 Å². The van der Waals surface area contributed by atoms with Crippen LogP contribution in [0.15, 0.2) is 57.9 Å². The van der Waals surface area contributed by atoms with Gasteiger partial charge in [0.1, 0.15) is 4.90 Å². The van der Waals surface area contributed by atoms with Crippen LogP contribution < -0.4 is 4.31 Å². The Morgan fingerprint density at radius 3 is 2.54 bits per heavy atom. The smallest absolute Gasteiger partial charge is 0.257 e. The topological polar surface area (TPSA) is 79.0 Å². The van der Waals surface area contributed by atoms with Crippen LogP contribution in [0.25, 0.3) is 11.4 Å². The van der Waals surface area contributed by atoms with Crippen LogP contribution in [-0.4, -0.2) is 30.6 Å². The number of H-pyrrole nitrogens is 1. The molecule has 0 bridgehead atoms. The summed E-state index contributed by atoms with van der Waals surface area (Å²) in [6.45, 7) is 0. The molecule has 0 radical (unpaired) electrons. The molecule has 2 aromatic carbocycles. The summed E-state index contributed by atoms with van der Waals surface area (Å²) in [7, 11) is -2.47. The average Bonchev–Trinajstić information content (AvgIpc) is 3.07. The van der Waals surface area contributed by atoms with E-state index in [0.29, 0.717) is 15.3 Å². The van der Waals surface area contributed by atoms with Gasteiger partial charge in [-0.15, -0.1) is 5.10 Å². The van der Waals surface area contributed by atoms with Gasteiger partial charge in [-0.25, -0.2) is 12.7 Å². The van der Waals surface area contributed by atoms with Gasteiger partial charge in [-0.1, -0.05) is 48.0 Å². The van der Waals surface area contributed by atoms with Crippen molar-refractivity contribution in [2.24, 2.45) is 0 Å². The second kappa shape index (κ2) is 6.54. The summed E-state index contributed by atoms with van der Waals surface area (Å²) < 4.78 is 26.9. The molecule has 0 spiro atoms. The molecule has 1 heterocycles. The van der Waals surface area contributed by atoms with Gasteiger partial charge in [0.25, 0.3) is 16.0 Å². The zero-order chi connectivity index (χ0) is 17.3. The fraction of sp³-hybridized carbons (Fsp3) is 0.0667. The van der Waals surface area contributed by atoms with Crippen molar-refractivity contribution < 1.29 is 8.42 Å². The highest BCUT2D eigenvalue weighted by molar-refractivity contribution is 9.10. The van der Waals surface area contributed by atoms with E-state index < -0.39 is 10.0 Å². The van der Waals surface area contributed by atoms with Gasteiger partial charge in [0, 0.05) is 12.6 Å². The second-order valence-electron chi connectivity index (χ2n) is 4.87. The molecule has 6 nitrogen and oxygen atoms in total. The summed E-state index contributed by atoms with van der Waals surface area (Å²) in [4.78, 5) is 4.30. The first-order valence-electron chi connectivity index (χ1n) is 6.82. The maximum Gasteiger partial charge on any atom is 0.267 e. The Kier molecular flexibility index (Phi) is 4.62. The number of sulfonamides is 1. The van der Waals surface area contributed by atoms with E-state index in [9.17, 15) is 8.42 Å². The minimum Gasteiger partial charge on any atom is -0.257 e.